The second-order valence-electron chi connectivity index (χ2n) is 4.46. The monoisotopic (exact) mass is 259 g/mol. The van der Waals surface area contributed by atoms with E-state index in [4.69, 9.17) is 5.73 Å². The average molecular weight is 259 g/mol. The van der Waals surface area contributed by atoms with Crippen LogP contribution in [0.3, 0.4) is 0 Å². The standard InChI is InChI=1S/C15H18FN3/c1-3-19(14-6-4-5-13(16)10-14)15-9-12(11(2)17)7-8-18-15/h4-11H,3,17H2,1-2H3/t11-/m1/s1. The summed E-state index contributed by atoms with van der Waals surface area (Å²) in [6, 6.07) is 10.3. The summed E-state index contributed by atoms with van der Waals surface area (Å²) in [6.07, 6.45) is 1.73. The van der Waals surface area contributed by atoms with Gasteiger partial charge in [0.25, 0.3) is 0 Å². The Bertz CT molecular complexity index is 555. The number of aromatic nitrogens is 1. The maximum atomic E-state index is 13.3. The van der Waals surface area contributed by atoms with E-state index in [9.17, 15) is 4.39 Å². The fourth-order valence-corrected chi connectivity index (χ4v) is 1.99. The summed E-state index contributed by atoms with van der Waals surface area (Å²) in [6.45, 7) is 4.64. The van der Waals surface area contributed by atoms with Gasteiger partial charge in [-0.3, -0.25) is 0 Å². The van der Waals surface area contributed by atoms with Gasteiger partial charge in [-0.1, -0.05) is 6.07 Å². The lowest BCUT2D eigenvalue weighted by molar-refractivity contribution is 0.627. The smallest absolute Gasteiger partial charge is 0.133 e. The predicted octanol–water partition coefficient (Wildman–Crippen LogP) is 3.40. The lowest BCUT2D eigenvalue weighted by Gasteiger charge is -2.23. The van der Waals surface area contributed by atoms with E-state index in [-0.39, 0.29) is 11.9 Å². The summed E-state index contributed by atoms with van der Waals surface area (Å²) in [7, 11) is 0. The van der Waals surface area contributed by atoms with Gasteiger partial charge in [0.05, 0.1) is 0 Å². The number of benzene rings is 1. The Morgan fingerprint density at radius 3 is 2.74 bits per heavy atom. The Morgan fingerprint density at radius 2 is 2.11 bits per heavy atom. The Kier molecular flexibility index (Phi) is 4.12. The van der Waals surface area contributed by atoms with E-state index in [0.717, 1.165) is 17.1 Å². The van der Waals surface area contributed by atoms with Gasteiger partial charge >= 0.3 is 0 Å². The predicted molar refractivity (Wildman–Crippen MR) is 75.9 cm³/mol. The van der Waals surface area contributed by atoms with Gasteiger partial charge in [-0.05, 0) is 49.7 Å². The van der Waals surface area contributed by atoms with E-state index >= 15 is 0 Å². The highest BCUT2D eigenvalue weighted by Crippen LogP contribution is 2.25. The third-order valence-corrected chi connectivity index (χ3v) is 3.01. The molecule has 0 fully saturated rings. The Hall–Kier alpha value is -1.94. The molecule has 1 heterocycles. The van der Waals surface area contributed by atoms with Crippen molar-refractivity contribution < 1.29 is 4.39 Å². The van der Waals surface area contributed by atoms with E-state index in [1.807, 2.05) is 36.9 Å². The fraction of sp³-hybridized carbons (Fsp3) is 0.267. The van der Waals surface area contributed by atoms with Crippen LogP contribution in [-0.4, -0.2) is 11.5 Å². The van der Waals surface area contributed by atoms with Crippen LogP contribution in [0.4, 0.5) is 15.9 Å². The van der Waals surface area contributed by atoms with Crippen LogP contribution in [-0.2, 0) is 0 Å². The molecule has 0 amide bonds. The number of halogens is 1. The first-order valence-electron chi connectivity index (χ1n) is 6.36. The molecule has 0 aliphatic carbocycles. The molecule has 19 heavy (non-hydrogen) atoms. The van der Waals surface area contributed by atoms with Crippen molar-refractivity contribution in [2.45, 2.75) is 19.9 Å². The van der Waals surface area contributed by atoms with Gasteiger partial charge < -0.3 is 10.6 Å². The third-order valence-electron chi connectivity index (χ3n) is 3.01. The summed E-state index contributed by atoms with van der Waals surface area (Å²) >= 11 is 0. The SMILES string of the molecule is CCN(c1cccc(F)c1)c1cc([C@@H](C)N)ccn1. The van der Waals surface area contributed by atoms with Crippen molar-refractivity contribution in [1.82, 2.24) is 4.98 Å². The molecule has 1 atom stereocenters. The van der Waals surface area contributed by atoms with Crippen molar-refractivity contribution in [2.24, 2.45) is 5.73 Å². The van der Waals surface area contributed by atoms with Crippen LogP contribution in [0.2, 0.25) is 0 Å². The minimum absolute atomic E-state index is 0.0482. The topological polar surface area (TPSA) is 42.1 Å². The Labute approximate surface area is 112 Å². The number of nitrogens with zero attached hydrogens (tertiary/aromatic N) is 2. The van der Waals surface area contributed by atoms with E-state index in [2.05, 4.69) is 4.98 Å². The zero-order valence-electron chi connectivity index (χ0n) is 11.2. The molecule has 2 N–H and O–H groups in total. The molecule has 4 heteroatoms. The van der Waals surface area contributed by atoms with Crippen LogP contribution in [0.25, 0.3) is 0 Å². The molecule has 3 nitrogen and oxygen atoms in total. The molecule has 100 valence electrons. The van der Waals surface area contributed by atoms with Crippen molar-refractivity contribution in [1.29, 1.82) is 0 Å². The number of rotatable bonds is 4. The summed E-state index contributed by atoms with van der Waals surface area (Å²) in [4.78, 5) is 6.30. The van der Waals surface area contributed by atoms with E-state index < -0.39 is 0 Å². The maximum Gasteiger partial charge on any atom is 0.133 e. The minimum Gasteiger partial charge on any atom is -0.327 e. The summed E-state index contributed by atoms with van der Waals surface area (Å²) in [5, 5.41) is 0. The minimum atomic E-state index is -0.251. The molecule has 0 spiro atoms. The van der Waals surface area contributed by atoms with Crippen LogP contribution in [0.1, 0.15) is 25.5 Å². The van der Waals surface area contributed by atoms with Gasteiger partial charge in [-0.25, -0.2) is 9.37 Å². The van der Waals surface area contributed by atoms with Gasteiger partial charge in [-0.2, -0.15) is 0 Å². The van der Waals surface area contributed by atoms with E-state index in [1.165, 1.54) is 12.1 Å². The molecule has 2 aromatic rings. The molecule has 0 saturated heterocycles. The third kappa shape index (κ3) is 3.09. The average Bonchev–Trinajstić information content (AvgIpc) is 2.40. The lowest BCUT2D eigenvalue weighted by Crippen LogP contribution is -2.18. The number of hydrogen-bond donors (Lipinski definition) is 1. The van der Waals surface area contributed by atoms with Crippen molar-refractivity contribution in [3.05, 3.63) is 54.0 Å². The number of anilines is 2. The van der Waals surface area contributed by atoms with Crippen LogP contribution in [0.15, 0.2) is 42.6 Å². The Balaban J connectivity index is 2.39. The second kappa shape index (κ2) is 5.80. The summed E-state index contributed by atoms with van der Waals surface area (Å²) in [5.41, 5.74) is 7.68. The summed E-state index contributed by atoms with van der Waals surface area (Å²) < 4.78 is 13.3. The van der Waals surface area contributed by atoms with Crippen LogP contribution in [0.5, 0.6) is 0 Å². The molecule has 0 saturated carbocycles. The van der Waals surface area contributed by atoms with Crippen LogP contribution in [0, 0.1) is 5.82 Å². The molecule has 2 rings (SSSR count). The molecule has 0 unspecified atom stereocenters. The second-order valence-corrected chi connectivity index (χ2v) is 4.46. The Morgan fingerprint density at radius 1 is 1.32 bits per heavy atom. The highest BCUT2D eigenvalue weighted by Gasteiger charge is 2.10. The molecule has 0 bridgehead atoms. The quantitative estimate of drug-likeness (QED) is 0.915. The maximum absolute atomic E-state index is 13.3. The van der Waals surface area contributed by atoms with Gasteiger partial charge in [0.15, 0.2) is 0 Å². The largest absolute Gasteiger partial charge is 0.327 e. The summed E-state index contributed by atoms with van der Waals surface area (Å²) in [5.74, 6) is 0.530. The van der Waals surface area contributed by atoms with Crippen LogP contribution < -0.4 is 10.6 Å². The van der Waals surface area contributed by atoms with Crippen molar-refractivity contribution >= 4 is 11.5 Å². The molecule has 0 radical (unpaired) electrons. The number of nitrogens with two attached hydrogens (primary N) is 1. The molecule has 0 aliphatic rings. The fourth-order valence-electron chi connectivity index (χ4n) is 1.99. The normalized spacial score (nSPS) is 12.2. The molecular formula is C15H18FN3. The first kappa shape index (κ1) is 13.5. The van der Waals surface area contributed by atoms with E-state index in [1.54, 1.807) is 12.3 Å². The molecule has 0 aliphatic heterocycles. The zero-order chi connectivity index (χ0) is 13.8. The number of hydrogen-bond acceptors (Lipinski definition) is 3. The molecular weight excluding hydrogens is 241 g/mol. The van der Waals surface area contributed by atoms with E-state index in [0.29, 0.717) is 6.54 Å². The molecule has 1 aromatic heterocycles. The van der Waals surface area contributed by atoms with Gasteiger partial charge in [0, 0.05) is 24.5 Å². The zero-order valence-corrected chi connectivity index (χ0v) is 11.2. The van der Waals surface area contributed by atoms with Crippen molar-refractivity contribution in [3.8, 4) is 0 Å². The van der Waals surface area contributed by atoms with Crippen LogP contribution >= 0.6 is 0 Å². The van der Waals surface area contributed by atoms with Gasteiger partial charge in [-0.15, -0.1) is 0 Å². The highest BCUT2D eigenvalue weighted by molar-refractivity contribution is 5.60. The molecule has 1 aromatic carbocycles. The first-order valence-corrected chi connectivity index (χ1v) is 6.36. The van der Waals surface area contributed by atoms with Gasteiger partial charge in [0.1, 0.15) is 11.6 Å². The van der Waals surface area contributed by atoms with Crippen molar-refractivity contribution in [2.75, 3.05) is 11.4 Å². The lowest BCUT2D eigenvalue weighted by atomic mass is 10.1. The number of pyridine rings is 1. The first-order chi connectivity index (χ1) is 9.11. The highest BCUT2D eigenvalue weighted by atomic mass is 19.1. The van der Waals surface area contributed by atoms with Gasteiger partial charge in [0.2, 0.25) is 0 Å². The van der Waals surface area contributed by atoms with Crippen molar-refractivity contribution in [3.63, 3.8) is 0 Å².